The summed E-state index contributed by atoms with van der Waals surface area (Å²) in [6.45, 7) is 7.53. The zero-order valence-electron chi connectivity index (χ0n) is 13.3. The summed E-state index contributed by atoms with van der Waals surface area (Å²) in [6, 6.07) is 5.42. The van der Waals surface area contributed by atoms with Gasteiger partial charge in [0.25, 0.3) is 0 Å². The Hall–Kier alpha value is -2.37. The number of carbonyl (C=O) groups is 3. The molecule has 2 amide bonds. The average molecular weight is 306 g/mol. The smallest absolute Gasteiger partial charge is 0.326 e. The summed E-state index contributed by atoms with van der Waals surface area (Å²) in [7, 11) is 0. The van der Waals surface area contributed by atoms with Crippen LogP contribution in [0.3, 0.4) is 0 Å². The molecule has 0 bridgehead atoms. The largest absolute Gasteiger partial charge is 0.480 e. The Labute approximate surface area is 129 Å². The number of carboxylic acids is 1. The van der Waals surface area contributed by atoms with Crippen LogP contribution in [0.5, 0.6) is 0 Å². The highest BCUT2D eigenvalue weighted by atomic mass is 16.4. The quantitative estimate of drug-likeness (QED) is 0.779. The fourth-order valence-electron chi connectivity index (χ4n) is 1.87. The molecule has 1 aromatic rings. The molecule has 0 spiro atoms. The van der Waals surface area contributed by atoms with E-state index in [2.05, 4.69) is 31.4 Å². The second kappa shape index (κ2) is 7.06. The van der Waals surface area contributed by atoms with Crippen molar-refractivity contribution in [1.82, 2.24) is 5.32 Å². The molecular weight excluding hydrogens is 284 g/mol. The molecule has 3 N–H and O–H groups in total. The molecule has 0 aliphatic heterocycles. The van der Waals surface area contributed by atoms with Gasteiger partial charge in [-0.1, -0.05) is 32.9 Å². The fourth-order valence-corrected chi connectivity index (χ4v) is 1.87. The van der Waals surface area contributed by atoms with E-state index in [1.165, 1.54) is 6.92 Å². The summed E-state index contributed by atoms with van der Waals surface area (Å²) >= 11 is 0. The molecule has 0 radical (unpaired) electrons. The lowest BCUT2D eigenvalue weighted by atomic mass is 9.87. The number of hydrogen-bond acceptors (Lipinski definition) is 3. The topological polar surface area (TPSA) is 95.5 Å². The molecule has 0 aliphatic rings. The Morgan fingerprint density at radius 1 is 1.14 bits per heavy atom. The molecule has 0 saturated carbocycles. The lowest BCUT2D eigenvalue weighted by Crippen LogP contribution is -2.44. The van der Waals surface area contributed by atoms with Crippen LogP contribution in [-0.4, -0.2) is 28.9 Å². The minimum atomic E-state index is -1.24. The highest BCUT2D eigenvalue weighted by molar-refractivity contribution is 5.94. The maximum Gasteiger partial charge on any atom is 0.326 e. The second-order valence-corrected chi connectivity index (χ2v) is 6.22. The second-order valence-electron chi connectivity index (χ2n) is 6.22. The molecule has 0 aliphatic carbocycles. The molecule has 1 atom stereocenters. The van der Waals surface area contributed by atoms with Gasteiger partial charge in [-0.15, -0.1) is 0 Å². The van der Waals surface area contributed by atoms with Crippen LogP contribution in [0.2, 0.25) is 0 Å². The number of carbonyl (C=O) groups excluding carboxylic acids is 2. The Kier molecular flexibility index (Phi) is 5.68. The maximum absolute atomic E-state index is 11.8. The predicted octanol–water partition coefficient (Wildman–Crippen LogP) is 2.54. The number of rotatable bonds is 5. The first-order valence-corrected chi connectivity index (χ1v) is 7.00. The number of nitrogens with one attached hydrogen (secondary N) is 2. The van der Waals surface area contributed by atoms with Crippen molar-refractivity contribution in [3.8, 4) is 0 Å². The molecule has 6 heteroatoms. The van der Waals surface area contributed by atoms with E-state index in [1.807, 2.05) is 12.1 Å². The molecule has 22 heavy (non-hydrogen) atoms. The predicted molar refractivity (Wildman–Crippen MR) is 84.0 cm³/mol. The zero-order chi connectivity index (χ0) is 16.9. The Balaban J connectivity index is 2.68. The lowest BCUT2D eigenvalue weighted by Gasteiger charge is -2.19. The van der Waals surface area contributed by atoms with E-state index < -0.39 is 18.0 Å². The summed E-state index contributed by atoms with van der Waals surface area (Å²) in [5.41, 5.74) is 1.69. The van der Waals surface area contributed by atoms with Crippen molar-refractivity contribution < 1.29 is 19.5 Å². The van der Waals surface area contributed by atoms with E-state index in [9.17, 15) is 14.4 Å². The van der Waals surface area contributed by atoms with Crippen molar-refractivity contribution in [1.29, 1.82) is 0 Å². The molecule has 1 unspecified atom stereocenters. The summed E-state index contributed by atoms with van der Waals surface area (Å²) in [5.74, 6) is -1.55. The molecule has 0 fully saturated rings. The van der Waals surface area contributed by atoms with Crippen molar-refractivity contribution in [3.63, 3.8) is 0 Å². The maximum atomic E-state index is 11.8. The van der Waals surface area contributed by atoms with Crippen LogP contribution >= 0.6 is 0 Å². The normalized spacial score (nSPS) is 12.4. The standard InChI is InChI=1S/C16H22N2O4/c1-10(19)9-13(14(20)21)18-15(22)17-12-7-5-11(6-8-12)16(2,3)4/h5-8,13H,9H2,1-4H3,(H,20,21)(H2,17,18,22). The summed E-state index contributed by atoms with van der Waals surface area (Å²) in [6.07, 6.45) is -0.244. The van der Waals surface area contributed by atoms with Gasteiger partial charge in [0, 0.05) is 12.1 Å². The van der Waals surface area contributed by atoms with Gasteiger partial charge in [-0.05, 0) is 30.0 Å². The van der Waals surface area contributed by atoms with Gasteiger partial charge < -0.3 is 15.7 Å². The Morgan fingerprint density at radius 3 is 2.09 bits per heavy atom. The Morgan fingerprint density at radius 2 is 1.68 bits per heavy atom. The first-order valence-electron chi connectivity index (χ1n) is 7.00. The number of amides is 2. The van der Waals surface area contributed by atoms with E-state index in [-0.39, 0.29) is 17.6 Å². The van der Waals surface area contributed by atoms with Gasteiger partial charge in [-0.3, -0.25) is 4.79 Å². The highest BCUT2D eigenvalue weighted by Gasteiger charge is 2.21. The number of hydrogen-bond donors (Lipinski definition) is 3. The monoisotopic (exact) mass is 306 g/mol. The number of benzene rings is 1. The highest BCUT2D eigenvalue weighted by Crippen LogP contribution is 2.23. The van der Waals surface area contributed by atoms with Crippen LogP contribution in [0.15, 0.2) is 24.3 Å². The van der Waals surface area contributed by atoms with Gasteiger partial charge in [0.05, 0.1) is 0 Å². The van der Waals surface area contributed by atoms with Crippen molar-refractivity contribution in [2.75, 3.05) is 5.32 Å². The first kappa shape index (κ1) is 17.7. The summed E-state index contributed by atoms with van der Waals surface area (Å²) in [5, 5.41) is 13.8. The lowest BCUT2D eigenvalue weighted by molar-refractivity contribution is -0.140. The SMILES string of the molecule is CC(=O)CC(NC(=O)Nc1ccc(C(C)(C)C)cc1)C(=O)O. The zero-order valence-corrected chi connectivity index (χ0v) is 13.3. The van der Waals surface area contributed by atoms with E-state index in [0.717, 1.165) is 5.56 Å². The van der Waals surface area contributed by atoms with Crippen LogP contribution in [-0.2, 0) is 15.0 Å². The summed E-state index contributed by atoms with van der Waals surface area (Å²) < 4.78 is 0. The Bertz CT molecular complexity index is 559. The van der Waals surface area contributed by atoms with E-state index in [0.29, 0.717) is 5.69 Å². The third kappa shape index (κ3) is 5.55. The summed E-state index contributed by atoms with van der Waals surface area (Å²) in [4.78, 5) is 33.8. The third-order valence-electron chi connectivity index (χ3n) is 3.10. The molecule has 0 aromatic heterocycles. The van der Waals surface area contributed by atoms with Crippen molar-refractivity contribution >= 4 is 23.5 Å². The van der Waals surface area contributed by atoms with Crippen LogP contribution in [0.25, 0.3) is 0 Å². The van der Waals surface area contributed by atoms with Gasteiger partial charge >= 0.3 is 12.0 Å². The van der Waals surface area contributed by atoms with Gasteiger partial charge in [0.1, 0.15) is 11.8 Å². The van der Waals surface area contributed by atoms with Crippen LogP contribution in [0, 0.1) is 0 Å². The van der Waals surface area contributed by atoms with Gasteiger partial charge in [-0.25, -0.2) is 9.59 Å². The molecule has 1 rings (SSSR count). The van der Waals surface area contributed by atoms with E-state index in [4.69, 9.17) is 5.11 Å². The minimum Gasteiger partial charge on any atom is -0.480 e. The molecular formula is C16H22N2O4. The number of Topliss-reactive ketones (excluding diaryl/α,β-unsaturated/α-hetero) is 1. The van der Waals surface area contributed by atoms with Crippen LogP contribution < -0.4 is 10.6 Å². The molecule has 0 saturated heterocycles. The van der Waals surface area contributed by atoms with E-state index in [1.54, 1.807) is 12.1 Å². The van der Waals surface area contributed by atoms with Gasteiger partial charge in [0.15, 0.2) is 0 Å². The number of anilines is 1. The van der Waals surface area contributed by atoms with Crippen LogP contribution in [0.1, 0.15) is 39.7 Å². The van der Waals surface area contributed by atoms with Crippen molar-refractivity contribution in [2.45, 2.75) is 45.6 Å². The van der Waals surface area contributed by atoms with E-state index >= 15 is 0 Å². The molecule has 1 aromatic carbocycles. The number of aliphatic carboxylic acids is 1. The molecule has 0 heterocycles. The number of carboxylic acid groups (broad SMARTS) is 1. The van der Waals surface area contributed by atoms with Crippen LogP contribution in [0.4, 0.5) is 10.5 Å². The third-order valence-corrected chi connectivity index (χ3v) is 3.10. The minimum absolute atomic E-state index is 0.0106. The first-order chi connectivity index (χ1) is 10.1. The molecule has 6 nitrogen and oxygen atoms in total. The molecule has 120 valence electrons. The van der Waals surface area contributed by atoms with Crippen molar-refractivity contribution in [2.24, 2.45) is 0 Å². The fraction of sp³-hybridized carbons (Fsp3) is 0.438. The average Bonchev–Trinajstić information content (AvgIpc) is 2.36. The number of ketones is 1. The van der Waals surface area contributed by atoms with Crippen molar-refractivity contribution in [3.05, 3.63) is 29.8 Å². The number of urea groups is 1. The van der Waals surface area contributed by atoms with Gasteiger partial charge in [0.2, 0.25) is 0 Å². The van der Waals surface area contributed by atoms with Gasteiger partial charge in [-0.2, -0.15) is 0 Å².